The molecule has 3 nitrogen and oxygen atoms in total. The Morgan fingerprint density at radius 1 is 1.26 bits per heavy atom. The highest BCUT2D eigenvalue weighted by Gasteiger charge is 2.13. The van der Waals surface area contributed by atoms with Crippen LogP contribution in [-0.2, 0) is 6.42 Å². The zero-order valence-corrected chi connectivity index (χ0v) is 11.7. The second-order valence-electron chi connectivity index (χ2n) is 4.83. The van der Waals surface area contributed by atoms with Crippen LogP contribution in [0.4, 0.5) is 0 Å². The number of hydrogen-bond donors (Lipinski definition) is 1. The van der Waals surface area contributed by atoms with Crippen molar-refractivity contribution in [3.63, 3.8) is 0 Å². The monoisotopic (exact) mass is 256 g/mol. The summed E-state index contributed by atoms with van der Waals surface area (Å²) in [6, 6.07) is 10.0. The molecule has 0 aliphatic rings. The molecule has 1 aromatic heterocycles. The van der Waals surface area contributed by atoms with E-state index in [1.807, 2.05) is 31.2 Å². The van der Waals surface area contributed by atoms with Crippen molar-refractivity contribution < 1.29 is 4.74 Å². The summed E-state index contributed by atoms with van der Waals surface area (Å²) in [5, 5.41) is 0. The molecule has 2 rings (SSSR count). The van der Waals surface area contributed by atoms with Crippen molar-refractivity contribution in [2.45, 2.75) is 26.3 Å². The lowest BCUT2D eigenvalue weighted by molar-refractivity contribution is 0.408. The summed E-state index contributed by atoms with van der Waals surface area (Å²) < 4.78 is 5.39. The molecule has 0 radical (unpaired) electrons. The maximum atomic E-state index is 6.28. The molecule has 0 bridgehead atoms. The zero-order chi connectivity index (χ0) is 13.8. The highest BCUT2D eigenvalue weighted by molar-refractivity contribution is 5.38. The third-order valence-corrected chi connectivity index (χ3v) is 3.28. The van der Waals surface area contributed by atoms with Gasteiger partial charge in [-0.3, -0.25) is 4.98 Å². The number of ether oxygens (including phenoxy) is 1. The van der Waals surface area contributed by atoms with Crippen molar-refractivity contribution in [3.8, 4) is 5.75 Å². The second-order valence-corrected chi connectivity index (χ2v) is 4.83. The Balaban J connectivity index is 2.26. The molecule has 1 aromatic carbocycles. The molecule has 19 heavy (non-hydrogen) atoms. The fourth-order valence-electron chi connectivity index (χ4n) is 2.29. The van der Waals surface area contributed by atoms with Gasteiger partial charge in [-0.2, -0.15) is 0 Å². The average Bonchev–Trinajstić information content (AvgIpc) is 2.39. The number of hydrogen-bond acceptors (Lipinski definition) is 3. The SMILES string of the molecule is COc1ccc(C)cc1CC(N)c1ncccc1C. The van der Waals surface area contributed by atoms with Crippen molar-refractivity contribution in [2.24, 2.45) is 5.73 Å². The summed E-state index contributed by atoms with van der Waals surface area (Å²) in [5.41, 5.74) is 10.7. The first-order valence-electron chi connectivity index (χ1n) is 6.42. The number of pyridine rings is 1. The maximum absolute atomic E-state index is 6.28. The van der Waals surface area contributed by atoms with Gasteiger partial charge < -0.3 is 10.5 Å². The molecule has 1 heterocycles. The van der Waals surface area contributed by atoms with E-state index in [4.69, 9.17) is 10.5 Å². The van der Waals surface area contributed by atoms with Crippen LogP contribution in [0.25, 0.3) is 0 Å². The van der Waals surface area contributed by atoms with E-state index in [1.54, 1.807) is 13.3 Å². The van der Waals surface area contributed by atoms with E-state index in [0.29, 0.717) is 0 Å². The molecular formula is C16H20N2O. The third-order valence-electron chi connectivity index (χ3n) is 3.28. The van der Waals surface area contributed by atoms with Crippen LogP contribution in [0.1, 0.15) is 28.4 Å². The van der Waals surface area contributed by atoms with Crippen molar-refractivity contribution in [1.82, 2.24) is 4.98 Å². The van der Waals surface area contributed by atoms with E-state index >= 15 is 0 Å². The Bertz CT molecular complexity index is 566. The standard InChI is InChI=1S/C16H20N2O/c1-11-6-7-15(19-3)13(9-11)10-14(17)16-12(2)5-4-8-18-16/h4-9,14H,10,17H2,1-3H3. The predicted molar refractivity (Wildman–Crippen MR) is 77.3 cm³/mol. The van der Waals surface area contributed by atoms with Gasteiger partial charge in [0.1, 0.15) is 5.75 Å². The number of aromatic nitrogens is 1. The molecule has 2 aromatic rings. The fraction of sp³-hybridized carbons (Fsp3) is 0.312. The Kier molecular flexibility index (Phi) is 4.17. The summed E-state index contributed by atoms with van der Waals surface area (Å²) in [6.45, 7) is 4.11. The van der Waals surface area contributed by atoms with Gasteiger partial charge >= 0.3 is 0 Å². The lowest BCUT2D eigenvalue weighted by Crippen LogP contribution is -2.16. The second kappa shape index (κ2) is 5.85. The number of nitrogens with two attached hydrogens (primary N) is 1. The van der Waals surface area contributed by atoms with E-state index in [2.05, 4.69) is 18.0 Å². The molecule has 0 fully saturated rings. The quantitative estimate of drug-likeness (QED) is 0.915. The summed E-state index contributed by atoms with van der Waals surface area (Å²) in [7, 11) is 1.69. The molecule has 0 saturated heterocycles. The van der Waals surface area contributed by atoms with Gasteiger partial charge in [-0.25, -0.2) is 0 Å². The normalized spacial score (nSPS) is 12.2. The number of rotatable bonds is 4. The van der Waals surface area contributed by atoms with Gasteiger partial charge in [0.2, 0.25) is 0 Å². The number of benzene rings is 1. The van der Waals surface area contributed by atoms with Crippen LogP contribution in [-0.4, -0.2) is 12.1 Å². The van der Waals surface area contributed by atoms with Crippen molar-refractivity contribution in [3.05, 3.63) is 58.9 Å². The Labute approximate surface area is 114 Å². The number of methoxy groups -OCH3 is 1. The highest BCUT2D eigenvalue weighted by atomic mass is 16.5. The Morgan fingerprint density at radius 3 is 2.74 bits per heavy atom. The number of nitrogens with zero attached hydrogens (tertiary/aromatic N) is 1. The average molecular weight is 256 g/mol. The zero-order valence-electron chi connectivity index (χ0n) is 11.7. The van der Waals surface area contributed by atoms with Crippen LogP contribution in [0, 0.1) is 13.8 Å². The van der Waals surface area contributed by atoms with Crippen LogP contribution in [0.15, 0.2) is 36.5 Å². The van der Waals surface area contributed by atoms with Crippen molar-refractivity contribution >= 4 is 0 Å². The summed E-state index contributed by atoms with van der Waals surface area (Å²) in [4.78, 5) is 4.39. The minimum absolute atomic E-state index is 0.114. The smallest absolute Gasteiger partial charge is 0.122 e. The van der Waals surface area contributed by atoms with Gasteiger partial charge in [0.05, 0.1) is 18.8 Å². The van der Waals surface area contributed by atoms with E-state index in [9.17, 15) is 0 Å². The molecule has 0 amide bonds. The van der Waals surface area contributed by atoms with Crippen molar-refractivity contribution in [1.29, 1.82) is 0 Å². The van der Waals surface area contributed by atoms with Gasteiger partial charge in [0.15, 0.2) is 0 Å². The molecule has 0 aliphatic heterocycles. The molecule has 1 atom stereocenters. The molecule has 2 N–H and O–H groups in total. The van der Waals surface area contributed by atoms with Gasteiger partial charge in [0.25, 0.3) is 0 Å². The minimum atomic E-state index is -0.114. The van der Waals surface area contributed by atoms with Crippen molar-refractivity contribution in [2.75, 3.05) is 7.11 Å². The summed E-state index contributed by atoms with van der Waals surface area (Å²) in [5.74, 6) is 0.884. The fourth-order valence-corrected chi connectivity index (χ4v) is 2.29. The van der Waals surface area contributed by atoms with Gasteiger partial charge in [0, 0.05) is 6.20 Å². The molecule has 3 heteroatoms. The maximum Gasteiger partial charge on any atom is 0.122 e. The van der Waals surface area contributed by atoms with Gasteiger partial charge in [-0.1, -0.05) is 23.8 Å². The van der Waals surface area contributed by atoms with E-state index in [1.165, 1.54) is 5.56 Å². The third kappa shape index (κ3) is 3.12. The number of aryl methyl sites for hydroxylation is 2. The highest BCUT2D eigenvalue weighted by Crippen LogP contribution is 2.25. The summed E-state index contributed by atoms with van der Waals surface area (Å²) in [6.07, 6.45) is 2.51. The molecule has 0 aliphatic carbocycles. The van der Waals surface area contributed by atoms with E-state index < -0.39 is 0 Å². The summed E-state index contributed by atoms with van der Waals surface area (Å²) >= 11 is 0. The first-order valence-corrected chi connectivity index (χ1v) is 6.42. The molecule has 0 saturated carbocycles. The lowest BCUT2D eigenvalue weighted by Gasteiger charge is -2.16. The molecular weight excluding hydrogens is 236 g/mol. The molecule has 100 valence electrons. The molecule has 1 unspecified atom stereocenters. The van der Waals surface area contributed by atoms with Crippen LogP contribution in [0.5, 0.6) is 5.75 Å². The van der Waals surface area contributed by atoms with Crippen LogP contribution < -0.4 is 10.5 Å². The predicted octanol–water partition coefficient (Wildman–Crippen LogP) is 2.95. The van der Waals surface area contributed by atoms with Gasteiger partial charge in [-0.05, 0) is 43.5 Å². The first-order chi connectivity index (χ1) is 9.11. The van der Waals surface area contributed by atoms with Gasteiger partial charge in [-0.15, -0.1) is 0 Å². The van der Waals surface area contributed by atoms with Crippen LogP contribution in [0.2, 0.25) is 0 Å². The minimum Gasteiger partial charge on any atom is -0.496 e. The van der Waals surface area contributed by atoms with Crippen LogP contribution >= 0.6 is 0 Å². The Hall–Kier alpha value is -1.87. The molecule has 0 spiro atoms. The Morgan fingerprint density at radius 2 is 2.05 bits per heavy atom. The largest absolute Gasteiger partial charge is 0.496 e. The lowest BCUT2D eigenvalue weighted by atomic mass is 9.99. The van der Waals surface area contributed by atoms with E-state index in [-0.39, 0.29) is 6.04 Å². The van der Waals surface area contributed by atoms with Crippen LogP contribution in [0.3, 0.4) is 0 Å². The topological polar surface area (TPSA) is 48.1 Å². The first kappa shape index (κ1) is 13.6. The van der Waals surface area contributed by atoms with E-state index in [0.717, 1.165) is 29.0 Å².